The zero-order valence-corrected chi connectivity index (χ0v) is 12.1. The van der Waals surface area contributed by atoms with E-state index in [0.717, 1.165) is 24.5 Å². The third kappa shape index (κ3) is 2.30. The van der Waals surface area contributed by atoms with Crippen LogP contribution < -0.4 is 4.90 Å². The van der Waals surface area contributed by atoms with E-state index in [0.29, 0.717) is 11.5 Å². The average Bonchev–Trinajstić information content (AvgIpc) is 2.99. The van der Waals surface area contributed by atoms with E-state index in [4.69, 9.17) is 0 Å². The van der Waals surface area contributed by atoms with Gasteiger partial charge in [0.1, 0.15) is 11.6 Å². The molecule has 6 heteroatoms. The summed E-state index contributed by atoms with van der Waals surface area (Å²) in [6.45, 7) is 2.07. The Hall–Kier alpha value is -2.50. The number of benzene rings is 1. The van der Waals surface area contributed by atoms with Crippen molar-refractivity contribution in [2.45, 2.75) is 19.3 Å². The normalized spacial score (nSPS) is 15.4. The zero-order chi connectivity index (χ0) is 14.9. The van der Waals surface area contributed by atoms with Crippen molar-refractivity contribution in [3.63, 3.8) is 0 Å². The molecule has 0 radical (unpaired) electrons. The average molecular weight is 297 g/mol. The van der Waals surface area contributed by atoms with Gasteiger partial charge in [0, 0.05) is 18.7 Å². The number of aromatic nitrogens is 4. The first-order valence-electron chi connectivity index (χ1n) is 7.55. The fourth-order valence-electron chi connectivity index (χ4n) is 2.85. The van der Waals surface area contributed by atoms with Gasteiger partial charge in [-0.3, -0.25) is 0 Å². The molecular weight excluding hydrogens is 281 g/mol. The maximum atomic E-state index is 13.1. The smallest absolute Gasteiger partial charge is 0.185 e. The Morgan fingerprint density at radius 2 is 1.64 bits per heavy atom. The minimum Gasteiger partial charge on any atom is -0.355 e. The van der Waals surface area contributed by atoms with Gasteiger partial charge in [0.05, 0.1) is 0 Å². The predicted molar refractivity (Wildman–Crippen MR) is 82.2 cm³/mol. The van der Waals surface area contributed by atoms with Gasteiger partial charge in [0.2, 0.25) is 0 Å². The van der Waals surface area contributed by atoms with Crippen LogP contribution in [0.15, 0.2) is 36.4 Å². The standard InChI is InChI=1S/C16H16FN5/c17-13-6-4-12(5-7-13)16-19-18-14-8-9-15(20-22(14)16)21-10-2-1-3-11-21/h4-9H,1-3,10-11H2. The second kappa shape index (κ2) is 5.36. The van der Waals surface area contributed by atoms with Crippen LogP contribution in [0, 0.1) is 5.82 Å². The van der Waals surface area contributed by atoms with Gasteiger partial charge in [-0.05, 0) is 55.7 Å². The highest BCUT2D eigenvalue weighted by atomic mass is 19.1. The highest BCUT2D eigenvalue weighted by molar-refractivity contribution is 5.59. The number of hydrogen-bond donors (Lipinski definition) is 0. The molecule has 4 rings (SSSR count). The molecule has 0 saturated carbocycles. The van der Waals surface area contributed by atoms with E-state index in [1.54, 1.807) is 16.6 Å². The van der Waals surface area contributed by atoms with Crippen molar-refractivity contribution in [1.82, 2.24) is 19.8 Å². The van der Waals surface area contributed by atoms with Crippen molar-refractivity contribution in [2.24, 2.45) is 0 Å². The number of piperidine rings is 1. The van der Waals surface area contributed by atoms with Gasteiger partial charge < -0.3 is 4.90 Å². The second-order valence-corrected chi connectivity index (χ2v) is 5.54. The van der Waals surface area contributed by atoms with Crippen molar-refractivity contribution in [2.75, 3.05) is 18.0 Å². The van der Waals surface area contributed by atoms with E-state index < -0.39 is 0 Å². The third-order valence-electron chi connectivity index (χ3n) is 4.03. The molecule has 1 fully saturated rings. The third-order valence-corrected chi connectivity index (χ3v) is 4.03. The molecule has 2 aromatic heterocycles. The van der Waals surface area contributed by atoms with E-state index >= 15 is 0 Å². The minimum absolute atomic E-state index is 0.264. The SMILES string of the molecule is Fc1ccc(-c2nnc3ccc(N4CCCCC4)nn23)cc1. The van der Waals surface area contributed by atoms with E-state index in [9.17, 15) is 4.39 Å². The van der Waals surface area contributed by atoms with Gasteiger partial charge >= 0.3 is 0 Å². The summed E-state index contributed by atoms with van der Waals surface area (Å²) in [4.78, 5) is 2.29. The molecule has 0 atom stereocenters. The fraction of sp³-hybridized carbons (Fsp3) is 0.312. The molecule has 3 aromatic rings. The molecule has 1 aliphatic heterocycles. The minimum atomic E-state index is -0.264. The van der Waals surface area contributed by atoms with Crippen molar-refractivity contribution < 1.29 is 4.39 Å². The van der Waals surface area contributed by atoms with Gasteiger partial charge in [0.25, 0.3) is 0 Å². The molecule has 0 aliphatic carbocycles. The van der Waals surface area contributed by atoms with Crippen LogP contribution in [0.25, 0.3) is 17.0 Å². The molecule has 3 heterocycles. The van der Waals surface area contributed by atoms with E-state index in [-0.39, 0.29) is 5.82 Å². The Morgan fingerprint density at radius 1 is 0.864 bits per heavy atom. The lowest BCUT2D eigenvalue weighted by molar-refractivity contribution is 0.570. The molecule has 5 nitrogen and oxygen atoms in total. The van der Waals surface area contributed by atoms with Crippen LogP contribution in [0.1, 0.15) is 19.3 Å². The number of rotatable bonds is 2. The van der Waals surface area contributed by atoms with Crippen LogP contribution in [0.5, 0.6) is 0 Å². The quantitative estimate of drug-likeness (QED) is 0.729. The van der Waals surface area contributed by atoms with E-state index in [1.807, 2.05) is 12.1 Å². The highest BCUT2D eigenvalue weighted by Crippen LogP contribution is 2.21. The molecule has 0 N–H and O–H groups in total. The second-order valence-electron chi connectivity index (χ2n) is 5.54. The van der Waals surface area contributed by atoms with E-state index in [2.05, 4.69) is 20.2 Å². The first-order valence-corrected chi connectivity index (χ1v) is 7.55. The lowest BCUT2D eigenvalue weighted by Gasteiger charge is -2.27. The first kappa shape index (κ1) is 13.2. The van der Waals surface area contributed by atoms with Crippen molar-refractivity contribution in [3.8, 4) is 11.4 Å². The molecule has 0 bridgehead atoms. The summed E-state index contributed by atoms with van der Waals surface area (Å²) in [6.07, 6.45) is 3.69. The highest BCUT2D eigenvalue weighted by Gasteiger charge is 2.15. The van der Waals surface area contributed by atoms with E-state index in [1.165, 1.54) is 31.4 Å². The van der Waals surface area contributed by atoms with Crippen LogP contribution in [0.2, 0.25) is 0 Å². The Labute approximate surface area is 127 Å². The largest absolute Gasteiger partial charge is 0.355 e. The Kier molecular flexibility index (Phi) is 3.21. The molecule has 0 spiro atoms. The summed E-state index contributed by atoms with van der Waals surface area (Å²) in [5.41, 5.74) is 1.50. The molecular formula is C16H16FN5. The zero-order valence-electron chi connectivity index (χ0n) is 12.1. The van der Waals surface area contributed by atoms with Crippen molar-refractivity contribution in [1.29, 1.82) is 0 Å². The molecule has 112 valence electrons. The number of nitrogens with zero attached hydrogens (tertiary/aromatic N) is 5. The summed E-state index contributed by atoms with van der Waals surface area (Å²) >= 11 is 0. The lowest BCUT2D eigenvalue weighted by Crippen LogP contribution is -2.30. The monoisotopic (exact) mass is 297 g/mol. The number of hydrogen-bond acceptors (Lipinski definition) is 4. The lowest BCUT2D eigenvalue weighted by atomic mass is 10.1. The topological polar surface area (TPSA) is 46.3 Å². The number of anilines is 1. The predicted octanol–water partition coefficient (Wildman–Crippen LogP) is 2.92. The van der Waals surface area contributed by atoms with Crippen molar-refractivity contribution >= 4 is 11.5 Å². The summed E-state index contributed by atoms with van der Waals surface area (Å²) in [5, 5.41) is 13.0. The fourth-order valence-corrected chi connectivity index (χ4v) is 2.85. The van der Waals surface area contributed by atoms with Gasteiger partial charge in [-0.25, -0.2) is 4.39 Å². The van der Waals surface area contributed by atoms with Crippen LogP contribution in [0.4, 0.5) is 10.2 Å². The number of halogens is 1. The molecule has 22 heavy (non-hydrogen) atoms. The Bertz CT molecular complexity index is 790. The first-order chi connectivity index (χ1) is 10.8. The van der Waals surface area contributed by atoms with Gasteiger partial charge in [-0.15, -0.1) is 15.3 Å². The molecule has 1 aromatic carbocycles. The van der Waals surface area contributed by atoms with Crippen LogP contribution >= 0.6 is 0 Å². The summed E-state index contributed by atoms with van der Waals surface area (Å²) in [5.74, 6) is 1.31. The van der Waals surface area contributed by atoms with Crippen LogP contribution in [0.3, 0.4) is 0 Å². The Balaban J connectivity index is 1.77. The maximum absolute atomic E-state index is 13.1. The maximum Gasteiger partial charge on any atom is 0.185 e. The van der Waals surface area contributed by atoms with Crippen molar-refractivity contribution in [3.05, 3.63) is 42.2 Å². The summed E-state index contributed by atoms with van der Waals surface area (Å²) in [7, 11) is 0. The number of fused-ring (bicyclic) bond motifs is 1. The molecule has 1 aliphatic rings. The van der Waals surface area contributed by atoms with Crippen LogP contribution in [-0.4, -0.2) is 32.9 Å². The van der Waals surface area contributed by atoms with Gasteiger partial charge in [0.15, 0.2) is 11.5 Å². The summed E-state index contributed by atoms with van der Waals surface area (Å²) < 4.78 is 14.8. The van der Waals surface area contributed by atoms with Gasteiger partial charge in [-0.1, -0.05) is 0 Å². The molecule has 0 unspecified atom stereocenters. The van der Waals surface area contributed by atoms with Crippen LogP contribution in [-0.2, 0) is 0 Å². The Morgan fingerprint density at radius 3 is 2.41 bits per heavy atom. The van der Waals surface area contributed by atoms with Gasteiger partial charge in [-0.2, -0.15) is 4.52 Å². The summed E-state index contributed by atoms with van der Waals surface area (Å²) in [6, 6.07) is 10.2. The molecule has 0 amide bonds. The molecule has 1 saturated heterocycles.